The van der Waals surface area contributed by atoms with Crippen LogP contribution in [0.25, 0.3) is 0 Å². The van der Waals surface area contributed by atoms with E-state index >= 15 is 0 Å². The highest BCUT2D eigenvalue weighted by Gasteiger charge is 2.16. The highest BCUT2D eigenvalue weighted by molar-refractivity contribution is 5.85. The lowest BCUT2D eigenvalue weighted by Crippen LogP contribution is -2.46. The van der Waals surface area contributed by atoms with Crippen LogP contribution in [-0.4, -0.2) is 61.5 Å². The second-order valence-electron chi connectivity index (χ2n) is 6.20. The van der Waals surface area contributed by atoms with E-state index in [1.54, 1.807) is 0 Å². The summed E-state index contributed by atoms with van der Waals surface area (Å²) in [5.41, 5.74) is 6.74. The second kappa shape index (κ2) is 12.3. The zero-order chi connectivity index (χ0) is 16.3. The van der Waals surface area contributed by atoms with Gasteiger partial charge in [-0.25, -0.2) is 0 Å². The van der Waals surface area contributed by atoms with E-state index < -0.39 is 0 Å². The molecular formula is C18H31ClN4O. The van der Waals surface area contributed by atoms with Gasteiger partial charge in [-0.15, -0.1) is 12.4 Å². The number of carbonyl (C=O) groups excluding carboxylic acids is 1. The molecule has 1 aromatic rings. The first-order chi connectivity index (χ1) is 11.3. The molecule has 1 amide bonds. The molecule has 0 aromatic heterocycles. The molecule has 1 fully saturated rings. The Hall–Kier alpha value is -1.14. The average Bonchev–Trinajstić information content (AvgIpc) is 2.57. The largest absolute Gasteiger partial charge is 0.356 e. The van der Waals surface area contributed by atoms with E-state index in [4.69, 9.17) is 5.73 Å². The molecule has 1 aliphatic rings. The summed E-state index contributed by atoms with van der Waals surface area (Å²) in [5.74, 6) is 0.0713. The van der Waals surface area contributed by atoms with E-state index in [-0.39, 0.29) is 18.3 Å². The lowest BCUT2D eigenvalue weighted by atomic mass is 10.2. The number of amides is 1. The molecular weight excluding hydrogens is 324 g/mol. The predicted molar refractivity (Wildman–Crippen MR) is 101 cm³/mol. The molecule has 0 bridgehead atoms. The molecule has 0 aliphatic carbocycles. The minimum absolute atomic E-state index is 0. The zero-order valence-corrected chi connectivity index (χ0v) is 15.3. The number of unbranched alkanes of at least 4 members (excludes halogenated alkanes) is 1. The summed E-state index contributed by atoms with van der Waals surface area (Å²) in [7, 11) is 0. The third kappa shape index (κ3) is 8.11. The van der Waals surface area contributed by atoms with Gasteiger partial charge >= 0.3 is 0 Å². The standard InChI is InChI=1S/C18H30N4O.ClH/c19-9-8-18(23)20-10-4-5-11-21-12-14-22(15-13-21)16-17-6-2-1-3-7-17;/h1-3,6-7H,4-5,8-16,19H2,(H,20,23);1H. The second-order valence-corrected chi connectivity index (χ2v) is 6.20. The van der Waals surface area contributed by atoms with E-state index in [1.165, 1.54) is 5.56 Å². The Morgan fingerprint density at radius 3 is 2.38 bits per heavy atom. The maximum Gasteiger partial charge on any atom is 0.221 e. The first-order valence-corrected chi connectivity index (χ1v) is 8.73. The van der Waals surface area contributed by atoms with Gasteiger partial charge < -0.3 is 16.0 Å². The summed E-state index contributed by atoms with van der Waals surface area (Å²) < 4.78 is 0. The average molecular weight is 355 g/mol. The molecule has 2 rings (SSSR count). The van der Waals surface area contributed by atoms with Crippen LogP contribution >= 0.6 is 12.4 Å². The molecule has 0 saturated carbocycles. The van der Waals surface area contributed by atoms with Gasteiger partial charge in [0.2, 0.25) is 5.91 Å². The van der Waals surface area contributed by atoms with Gasteiger partial charge in [-0.05, 0) is 24.9 Å². The molecule has 1 aromatic carbocycles. The number of halogens is 1. The first-order valence-electron chi connectivity index (χ1n) is 8.73. The quantitative estimate of drug-likeness (QED) is 0.659. The van der Waals surface area contributed by atoms with Crippen LogP contribution in [0.2, 0.25) is 0 Å². The van der Waals surface area contributed by atoms with Crippen LogP contribution < -0.4 is 11.1 Å². The summed E-state index contributed by atoms with van der Waals surface area (Å²) in [5, 5.41) is 2.91. The molecule has 136 valence electrons. The minimum Gasteiger partial charge on any atom is -0.356 e. The number of nitrogens with zero attached hydrogens (tertiary/aromatic N) is 2. The molecule has 0 spiro atoms. The Morgan fingerprint density at radius 1 is 1.04 bits per heavy atom. The Bertz CT molecular complexity index is 450. The number of rotatable bonds is 9. The Balaban J connectivity index is 0.00000288. The number of benzene rings is 1. The van der Waals surface area contributed by atoms with Crippen molar-refractivity contribution in [3.05, 3.63) is 35.9 Å². The molecule has 24 heavy (non-hydrogen) atoms. The summed E-state index contributed by atoms with van der Waals surface area (Å²) >= 11 is 0. The number of nitrogens with one attached hydrogen (secondary N) is 1. The highest BCUT2D eigenvalue weighted by Crippen LogP contribution is 2.08. The fraction of sp³-hybridized carbons (Fsp3) is 0.611. The lowest BCUT2D eigenvalue weighted by Gasteiger charge is -2.34. The van der Waals surface area contributed by atoms with Crippen molar-refractivity contribution in [1.82, 2.24) is 15.1 Å². The lowest BCUT2D eigenvalue weighted by molar-refractivity contribution is -0.120. The van der Waals surface area contributed by atoms with Crippen molar-refractivity contribution in [2.24, 2.45) is 5.73 Å². The van der Waals surface area contributed by atoms with Crippen molar-refractivity contribution in [2.75, 3.05) is 45.8 Å². The smallest absolute Gasteiger partial charge is 0.221 e. The molecule has 6 heteroatoms. The van der Waals surface area contributed by atoms with Crippen molar-refractivity contribution in [3.63, 3.8) is 0 Å². The molecule has 0 atom stereocenters. The van der Waals surface area contributed by atoms with Gasteiger partial charge in [0.05, 0.1) is 0 Å². The van der Waals surface area contributed by atoms with Crippen molar-refractivity contribution in [1.29, 1.82) is 0 Å². The fourth-order valence-corrected chi connectivity index (χ4v) is 2.92. The first kappa shape index (κ1) is 20.9. The Labute approximate surface area is 152 Å². The van der Waals surface area contributed by atoms with E-state index in [9.17, 15) is 4.79 Å². The van der Waals surface area contributed by atoms with E-state index in [1.807, 2.05) is 0 Å². The third-order valence-corrected chi connectivity index (χ3v) is 4.31. The summed E-state index contributed by atoms with van der Waals surface area (Å²) in [6.45, 7) is 7.96. The highest BCUT2D eigenvalue weighted by atomic mass is 35.5. The van der Waals surface area contributed by atoms with Gasteiger partial charge in [0.15, 0.2) is 0 Å². The van der Waals surface area contributed by atoms with Crippen LogP contribution in [0.15, 0.2) is 30.3 Å². The molecule has 0 unspecified atom stereocenters. The maximum atomic E-state index is 11.3. The van der Waals surface area contributed by atoms with Gasteiger partial charge in [-0.1, -0.05) is 30.3 Å². The number of nitrogens with two attached hydrogens (primary N) is 1. The van der Waals surface area contributed by atoms with Crippen molar-refractivity contribution < 1.29 is 4.79 Å². The Morgan fingerprint density at radius 2 is 1.71 bits per heavy atom. The minimum atomic E-state index is 0. The Kier molecular flexibility index (Phi) is 10.7. The molecule has 5 nitrogen and oxygen atoms in total. The SMILES string of the molecule is Cl.NCCC(=O)NCCCCN1CCN(Cc2ccccc2)CC1. The van der Waals surface area contributed by atoms with Crippen LogP contribution in [0.1, 0.15) is 24.8 Å². The topological polar surface area (TPSA) is 61.6 Å². The van der Waals surface area contributed by atoms with Crippen molar-refractivity contribution in [3.8, 4) is 0 Å². The molecule has 3 N–H and O–H groups in total. The van der Waals surface area contributed by atoms with E-state index in [2.05, 4.69) is 45.4 Å². The third-order valence-electron chi connectivity index (χ3n) is 4.31. The van der Waals surface area contributed by atoms with Crippen LogP contribution in [0, 0.1) is 0 Å². The fourth-order valence-electron chi connectivity index (χ4n) is 2.92. The van der Waals surface area contributed by atoms with Gasteiger partial charge in [0.1, 0.15) is 0 Å². The summed E-state index contributed by atoms with van der Waals surface area (Å²) in [6, 6.07) is 10.7. The molecule has 1 heterocycles. The van der Waals surface area contributed by atoms with Gasteiger partial charge in [-0.3, -0.25) is 9.69 Å². The van der Waals surface area contributed by atoms with Crippen LogP contribution in [0.5, 0.6) is 0 Å². The van der Waals surface area contributed by atoms with Gasteiger partial charge in [0.25, 0.3) is 0 Å². The predicted octanol–water partition coefficient (Wildman–Crippen LogP) is 1.47. The van der Waals surface area contributed by atoms with Gasteiger partial charge in [-0.2, -0.15) is 0 Å². The molecule has 0 radical (unpaired) electrons. The maximum absolute atomic E-state index is 11.3. The van der Waals surface area contributed by atoms with Crippen LogP contribution in [0.4, 0.5) is 0 Å². The van der Waals surface area contributed by atoms with Crippen LogP contribution in [-0.2, 0) is 11.3 Å². The number of hydrogen-bond acceptors (Lipinski definition) is 4. The molecule has 1 saturated heterocycles. The zero-order valence-electron chi connectivity index (χ0n) is 14.5. The van der Waals surface area contributed by atoms with Crippen molar-refractivity contribution in [2.45, 2.75) is 25.8 Å². The monoisotopic (exact) mass is 354 g/mol. The number of piperazine rings is 1. The number of carbonyl (C=O) groups is 1. The van der Waals surface area contributed by atoms with E-state index in [0.29, 0.717) is 13.0 Å². The summed E-state index contributed by atoms with van der Waals surface area (Å²) in [6.07, 6.45) is 2.62. The summed E-state index contributed by atoms with van der Waals surface area (Å²) in [4.78, 5) is 16.3. The van der Waals surface area contributed by atoms with Crippen LogP contribution in [0.3, 0.4) is 0 Å². The van der Waals surface area contributed by atoms with E-state index in [0.717, 1.165) is 58.7 Å². The van der Waals surface area contributed by atoms with Gasteiger partial charge in [0, 0.05) is 52.2 Å². The molecule has 1 aliphatic heterocycles. The number of hydrogen-bond donors (Lipinski definition) is 2. The van der Waals surface area contributed by atoms with Crippen molar-refractivity contribution >= 4 is 18.3 Å². The normalized spacial score (nSPS) is 15.7.